The summed E-state index contributed by atoms with van der Waals surface area (Å²) in [5, 5.41) is 10.4. The monoisotopic (exact) mass is 330 g/mol. The van der Waals surface area contributed by atoms with Crippen molar-refractivity contribution < 1.29 is 4.42 Å². The molecule has 0 atom stereocenters. The Morgan fingerprint density at radius 3 is 3.12 bits per heavy atom. The van der Waals surface area contributed by atoms with Gasteiger partial charge in [0.2, 0.25) is 5.82 Å². The van der Waals surface area contributed by atoms with Gasteiger partial charge in [-0.05, 0) is 31.9 Å². The lowest BCUT2D eigenvalue weighted by Crippen LogP contribution is -2.39. The lowest BCUT2D eigenvalue weighted by molar-refractivity contribution is 0.470. The first-order valence-electron chi connectivity index (χ1n) is 8.30. The smallest absolute Gasteiger partial charge is 0.216 e. The highest BCUT2D eigenvalue weighted by Crippen LogP contribution is 2.14. The third-order valence-electron chi connectivity index (χ3n) is 3.48. The average Bonchev–Trinajstić information content (AvgIpc) is 3.25. The Kier molecular flexibility index (Phi) is 7.07. The van der Waals surface area contributed by atoms with E-state index < -0.39 is 0 Å². The van der Waals surface area contributed by atoms with E-state index in [0.29, 0.717) is 24.6 Å². The van der Waals surface area contributed by atoms with Crippen LogP contribution in [0.2, 0.25) is 0 Å². The summed E-state index contributed by atoms with van der Waals surface area (Å²) < 4.78 is 5.29. The summed E-state index contributed by atoms with van der Waals surface area (Å²) in [5.41, 5.74) is 0. The van der Waals surface area contributed by atoms with Crippen molar-refractivity contribution in [1.29, 1.82) is 0 Å². The van der Waals surface area contributed by atoms with Crippen LogP contribution < -0.4 is 5.32 Å². The van der Waals surface area contributed by atoms with Gasteiger partial charge in [0, 0.05) is 33.1 Å². The minimum atomic E-state index is 0.576. The standard InChI is InChI=1S/C17H26N6O/c1-4-6-7-12-23(3)17(18-5-2)19-11-10-15-20-16(22-21-15)14-9-8-13-24-14/h4,8-9,13H,1,5-7,10-12H2,2-3H3,(H,18,19)(H,20,21,22). The quantitative estimate of drug-likeness (QED) is 0.319. The summed E-state index contributed by atoms with van der Waals surface area (Å²) in [6.07, 6.45) is 6.33. The van der Waals surface area contributed by atoms with Crippen LogP contribution in [-0.4, -0.2) is 52.7 Å². The number of furan rings is 1. The first-order valence-corrected chi connectivity index (χ1v) is 8.30. The van der Waals surface area contributed by atoms with Gasteiger partial charge in [0.25, 0.3) is 0 Å². The Morgan fingerprint density at radius 2 is 2.42 bits per heavy atom. The molecule has 7 heteroatoms. The first kappa shape index (κ1) is 17.8. The molecular weight excluding hydrogens is 304 g/mol. The van der Waals surface area contributed by atoms with Gasteiger partial charge in [-0.2, -0.15) is 5.10 Å². The lowest BCUT2D eigenvalue weighted by Gasteiger charge is -2.21. The Balaban J connectivity index is 1.88. The highest BCUT2D eigenvalue weighted by molar-refractivity contribution is 5.79. The minimum absolute atomic E-state index is 0.576. The van der Waals surface area contributed by atoms with Crippen LogP contribution in [0.25, 0.3) is 11.6 Å². The number of guanidine groups is 1. The van der Waals surface area contributed by atoms with Crippen LogP contribution in [-0.2, 0) is 6.42 Å². The molecule has 0 saturated heterocycles. The van der Waals surface area contributed by atoms with Crippen molar-refractivity contribution in [1.82, 2.24) is 25.4 Å². The summed E-state index contributed by atoms with van der Waals surface area (Å²) in [4.78, 5) is 11.2. The topological polar surface area (TPSA) is 82.3 Å². The molecule has 0 aliphatic heterocycles. The zero-order valence-electron chi connectivity index (χ0n) is 14.5. The summed E-state index contributed by atoms with van der Waals surface area (Å²) >= 11 is 0. The van der Waals surface area contributed by atoms with Gasteiger partial charge >= 0.3 is 0 Å². The molecule has 2 heterocycles. The first-order chi connectivity index (χ1) is 11.7. The van der Waals surface area contributed by atoms with Crippen molar-refractivity contribution in [3.8, 4) is 11.6 Å². The molecule has 0 bridgehead atoms. The molecule has 0 fully saturated rings. The molecule has 0 amide bonds. The maximum Gasteiger partial charge on any atom is 0.216 e. The third-order valence-corrected chi connectivity index (χ3v) is 3.48. The number of H-pyrrole nitrogens is 1. The van der Waals surface area contributed by atoms with Crippen molar-refractivity contribution in [2.75, 3.05) is 26.7 Å². The number of rotatable bonds is 9. The predicted molar refractivity (Wildman–Crippen MR) is 95.8 cm³/mol. The molecule has 24 heavy (non-hydrogen) atoms. The molecule has 0 unspecified atom stereocenters. The SMILES string of the molecule is C=CCCCN(C)C(=NCCc1nc(-c2ccco2)n[nH]1)NCC. The van der Waals surface area contributed by atoms with E-state index in [9.17, 15) is 0 Å². The van der Waals surface area contributed by atoms with Crippen LogP contribution in [0.4, 0.5) is 0 Å². The molecule has 7 nitrogen and oxygen atoms in total. The summed E-state index contributed by atoms with van der Waals surface area (Å²) in [6, 6.07) is 3.66. The van der Waals surface area contributed by atoms with Gasteiger partial charge in [-0.25, -0.2) is 4.98 Å². The van der Waals surface area contributed by atoms with E-state index in [1.165, 1.54) is 0 Å². The summed E-state index contributed by atoms with van der Waals surface area (Å²) in [6.45, 7) is 8.25. The van der Waals surface area contributed by atoms with Gasteiger partial charge < -0.3 is 14.6 Å². The summed E-state index contributed by atoms with van der Waals surface area (Å²) in [5.74, 6) is 2.95. The molecule has 0 aliphatic carbocycles. The molecule has 2 rings (SSSR count). The van der Waals surface area contributed by atoms with Gasteiger partial charge in [0.1, 0.15) is 5.82 Å². The van der Waals surface area contributed by atoms with Gasteiger partial charge in [0.15, 0.2) is 11.7 Å². The number of hydrogen-bond acceptors (Lipinski definition) is 4. The number of hydrogen-bond donors (Lipinski definition) is 2. The predicted octanol–water partition coefficient (Wildman–Crippen LogP) is 2.47. The molecule has 0 radical (unpaired) electrons. The number of aromatic amines is 1. The van der Waals surface area contributed by atoms with E-state index in [2.05, 4.69) is 43.9 Å². The van der Waals surface area contributed by atoms with E-state index in [0.717, 1.165) is 37.7 Å². The number of aliphatic imine (C=N–C) groups is 1. The van der Waals surface area contributed by atoms with Crippen LogP contribution >= 0.6 is 0 Å². The van der Waals surface area contributed by atoms with Crippen LogP contribution in [0, 0.1) is 0 Å². The lowest BCUT2D eigenvalue weighted by atomic mass is 10.3. The largest absolute Gasteiger partial charge is 0.461 e. The fourth-order valence-electron chi connectivity index (χ4n) is 2.24. The van der Waals surface area contributed by atoms with Crippen molar-refractivity contribution in [2.45, 2.75) is 26.2 Å². The highest BCUT2D eigenvalue weighted by atomic mass is 16.3. The molecule has 0 saturated carbocycles. The average molecular weight is 330 g/mol. The molecular formula is C17H26N6O. The normalized spacial score (nSPS) is 11.5. The number of unbranched alkanes of at least 4 members (excludes halogenated alkanes) is 1. The second kappa shape index (κ2) is 9.54. The molecule has 0 spiro atoms. The van der Waals surface area contributed by atoms with Gasteiger partial charge in [0.05, 0.1) is 6.26 Å². The second-order valence-corrected chi connectivity index (χ2v) is 5.42. The van der Waals surface area contributed by atoms with E-state index in [1.807, 2.05) is 25.3 Å². The van der Waals surface area contributed by atoms with Crippen LogP contribution in [0.3, 0.4) is 0 Å². The molecule has 0 aliphatic rings. The zero-order valence-corrected chi connectivity index (χ0v) is 14.5. The van der Waals surface area contributed by atoms with Crippen LogP contribution in [0.1, 0.15) is 25.6 Å². The molecule has 2 N–H and O–H groups in total. The van der Waals surface area contributed by atoms with Gasteiger partial charge in [-0.3, -0.25) is 10.1 Å². The van der Waals surface area contributed by atoms with Gasteiger partial charge in [-0.1, -0.05) is 6.08 Å². The Bertz CT molecular complexity index is 631. The number of nitrogens with one attached hydrogen (secondary N) is 2. The van der Waals surface area contributed by atoms with E-state index in [-0.39, 0.29) is 0 Å². The van der Waals surface area contributed by atoms with Crippen molar-refractivity contribution in [3.63, 3.8) is 0 Å². The van der Waals surface area contributed by atoms with Crippen LogP contribution in [0.15, 0.2) is 40.5 Å². The fraction of sp³-hybridized carbons (Fsp3) is 0.471. The number of allylic oxidation sites excluding steroid dienone is 1. The highest BCUT2D eigenvalue weighted by Gasteiger charge is 2.08. The van der Waals surface area contributed by atoms with Crippen LogP contribution in [0.5, 0.6) is 0 Å². The third kappa shape index (κ3) is 5.26. The molecule has 0 aromatic carbocycles. The van der Waals surface area contributed by atoms with E-state index >= 15 is 0 Å². The van der Waals surface area contributed by atoms with Crippen molar-refractivity contribution >= 4 is 5.96 Å². The zero-order chi connectivity index (χ0) is 17.2. The second-order valence-electron chi connectivity index (χ2n) is 5.42. The molecule has 2 aromatic rings. The molecule has 2 aromatic heterocycles. The van der Waals surface area contributed by atoms with Crippen molar-refractivity contribution in [2.24, 2.45) is 4.99 Å². The fourth-order valence-corrected chi connectivity index (χ4v) is 2.24. The molecule has 130 valence electrons. The number of aromatic nitrogens is 3. The van der Waals surface area contributed by atoms with Gasteiger partial charge in [-0.15, -0.1) is 6.58 Å². The van der Waals surface area contributed by atoms with E-state index in [4.69, 9.17) is 4.42 Å². The maximum atomic E-state index is 5.29. The Labute approximate surface area is 142 Å². The van der Waals surface area contributed by atoms with Crippen molar-refractivity contribution in [3.05, 3.63) is 36.9 Å². The summed E-state index contributed by atoms with van der Waals surface area (Å²) in [7, 11) is 2.05. The van der Waals surface area contributed by atoms with E-state index in [1.54, 1.807) is 6.26 Å². The Hall–Kier alpha value is -2.57. The maximum absolute atomic E-state index is 5.29. The minimum Gasteiger partial charge on any atom is -0.461 e. The number of nitrogens with zero attached hydrogens (tertiary/aromatic N) is 4. The Morgan fingerprint density at radius 1 is 1.54 bits per heavy atom.